The van der Waals surface area contributed by atoms with Crippen LogP contribution in [0.25, 0.3) is 0 Å². The maximum Gasteiger partial charge on any atom is 0.123 e. The molecule has 0 heterocycles. The SMILES string of the molecule is CCOC(CC)C(N)=NC(C)C. The van der Waals surface area contributed by atoms with Crippen LogP contribution < -0.4 is 5.73 Å². The predicted octanol–water partition coefficient (Wildman–Crippen LogP) is 1.57. The smallest absolute Gasteiger partial charge is 0.123 e. The molecule has 3 nitrogen and oxygen atoms in total. The minimum absolute atomic E-state index is 0.00241. The van der Waals surface area contributed by atoms with Gasteiger partial charge in [0.05, 0.1) is 0 Å². The van der Waals surface area contributed by atoms with E-state index in [9.17, 15) is 0 Å². The Hall–Kier alpha value is -0.570. The van der Waals surface area contributed by atoms with E-state index in [1.54, 1.807) is 0 Å². The van der Waals surface area contributed by atoms with Crippen molar-refractivity contribution in [3.63, 3.8) is 0 Å². The van der Waals surface area contributed by atoms with E-state index in [1.807, 2.05) is 27.7 Å². The number of nitrogens with zero attached hydrogens (tertiary/aromatic N) is 1. The first-order valence-electron chi connectivity index (χ1n) is 4.56. The molecule has 0 saturated carbocycles. The molecule has 72 valence electrons. The van der Waals surface area contributed by atoms with Gasteiger partial charge < -0.3 is 10.5 Å². The molecule has 0 saturated heterocycles. The van der Waals surface area contributed by atoms with Crippen molar-refractivity contribution in [2.45, 2.75) is 46.3 Å². The summed E-state index contributed by atoms with van der Waals surface area (Å²) >= 11 is 0. The highest BCUT2D eigenvalue weighted by atomic mass is 16.5. The highest BCUT2D eigenvalue weighted by molar-refractivity contribution is 5.84. The zero-order valence-corrected chi connectivity index (χ0v) is 8.50. The lowest BCUT2D eigenvalue weighted by Gasteiger charge is -2.14. The van der Waals surface area contributed by atoms with Gasteiger partial charge in [0.15, 0.2) is 0 Å². The molecular weight excluding hydrogens is 152 g/mol. The van der Waals surface area contributed by atoms with Gasteiger partial charge in [-0.05, 0) is 27.2 Å². The highest BCUT2D eigenvalue weighted by Gasteiger charge is 2.10. The van der Waals surface area contributed by atoms with Gasteiger partial charge in [0.2, 0.25) is 0 Å². The van der Waals surface area contributed by atoms with Crippen molar-refractivity contribution in [2.75, 3.05) is 6.61 Å². The van der Waals surface area contributed by atoms with Gasteiger partial charge in [-0.3, -0.25) is 4.99 Å². The number of aliphatic imine (C=N–C) groups is 1. The molecule has 0 rings (SSSR count). The molecule has 1 atom stereocenters. The summed E-state index contributed by atoms with van der Waals surface area (Å²) in [6.45, 7) is 8.71. The zero-order chi connectivity index (χ0) is 9.56. The fourth-order valence-corrected chi connectivity index (χ4v) is 0.995. The van der Waals surface area contributed by atoms with Crippen LogP contribution in [-0.2, 0) is 4.74 Å². The molecule has 0 aromatic heterocycles. The lowest BCUT2D eigenvalue weighted by Crippen LogP contribution is -2.32. The first kappa shape index (κ1) is 11.4. The van der Waals surface area contributed by atoms with E-state index >= 15 is 0 Å². The molecule has 0 aromatic rings. The van der Waals surface area contributed by atoms with Crippen molar-refractivity contribution in [3.8, 4) is 0 Å². The third-order valence-corrected chi connectivity index (χ3v) is 1.48. The van der Waals surface area contributed by atoms with E-state index in [4.69, 9.17) is 10.5 Å². The third-order valence-electron chi connectivity index (χ3n) is 1.48. The van der Waals surface area contributed by atoms with Crippen LogP contribution in [0.2, 0.25) is 0 Å². The summed E-state index contributed by atoms with van der Waals surface area (Å²) < 4.78 is 5.40. The van der Waals surface area contributed by atoms with Crippen LogP contribution >= 0.6 is 0 Å². The molecule has 0 aliphatic carbocycles. The Morgan fingerprint density at radius 1 is 1.42 bits per heavy atom. The van der Waals surface area contributed by atoms with Crippen molar-refractivity contribution >= 4 is 5.84 Å². The summed E-state index contributed by atoms with van der Waals surface area (Å²) in [5.74, 6) is 0.620. The summed E-state index contributed by atoms with van der Waals surface area (Å²) in [5.41, 5.74) is 5.74. The van der Waals surface area contributed by atoms with Crippen LogP contribution in [0.5, 0.6) is 0 Å². The molecule has 0 bridgehead atoms. The van der Waals surface area contributed by atoms with Crippen LogP contribution in [-0.4, -0.2) is 24.6 Å². The second-order valence-corrected chi connectivity index (χ2v) is 3.00. The van der Waals surface area contributed by atoms with Gasteiger partial charge >= 0.3 is 0 Å². The van der Waals surface area contributed by atoms with E-state index in [1.165, 1.54) is 0 Å². The van der Waals surface area contributed by atoms with Gasteiger partial charge in [-0.25, -0.2) is 0 Å². The fraction of sp³-hybridized carbons (Fsp3) is 0.889. The van der Waals surface area contributed by atoms with Crippen LogP contribution in [0.3, 0.4) is 0 Å². The third kappa shape index (κ3) is 4.34. The van der Waals surface area contributed by atoms with Gasteiger partial charge in [-0.15, -0.1) is 0 Å². The predicted molar refractivity (Wildman–Crippen MR) is 52.5 cm³/mol. The first-order valence-corrected chi connectivity index (χ1v) is 4.56. The molecule has 12 heavy (non-hydrogen) atoms. The van der Waals surface area contributed by atoms with E-state index in [-0.39, 0.29) is 12.1 Å². The van der Waals surface area contributed by atoms with Gasteiger partial charge in [0, 0.05) is 12.6 Å². The number of nitrogens with two attached hydrogens (primary N) is 1. The maximum absolute atomic E-state index is 5.74. The van der Waals surface area contributed by atoms with E-state index in [0.29, 0.717) is 12.4 Å². The molecule has 0 fully saturated rings. The summed E-state index contributed by atoms with van der Waals surface area (Å²) in [6, 6.07) is 0.250. The average Bonchev–Trinajstić information content (AvgIpc) is 1.98. The van der Waals surface area contributed by atoms with E-state index in [2.05, 4.69) is 4.99 Å². The molecule has 0 aliphatic heterocycles. The molecular formula is C9H20N2O. The highest BCUT2D eigenvalue weighted by Crippen LogP contribution is 1.99. The molecule has 0 aromatic carbocycles. The van der Waals surface area contributed by atoms with Gasteiger partial charge in [-0.1, -0.05) is 6.92 Å². The van der Waals surface area contributed by atoms with Crippen molar-refractivity contribution in [1.82, 2.24) is 0 Å². The Labute approximate surface area is 75.0 Å². The number of amidine groups is 1. The first-order chi connectivity index (χ1) is 5.61. The van der Waals surface area contributed by atoms with Crippen molar-refractivity contribution in [2.24, 2.45) is 10.7 Å². The van der Waals surface area contributed by atoms with Gasteiger partial charge in [-0.2, -0.15) is 0 Å². The summed E-state index contributed by atoms with van der Waals surface area (Å²) in [7, 11) is 0. The standard InChI is InChI=1S/C9H20N2O/c1-5-8(12-6-2)9(10)11-7(3)4/h7-8H,5-6H2,1-4H3,(H2,10,11). The van der Waals surface area contributed by atoms with Gasteiger partial charge in [0.1, 0.15) is 11.9 Å². The van der Waals surface area contributed by atoms with E-state index < -0.39 is 0 Å². The number of rotatable bonds is 5. The molecule has 0 amide bonds. The molecule has 0 aliphatic rings. The van der Waals surface area contributed by atoms with Crippen LogP contribution in [0.1, 0.15) is 34.1 Å². The normalized spacial score (nSPS) is 15.2. The summed E-state index contributed by atoms with van der Waals surface area (Å²) in [4.78, 5) is 4.24. The van der Waals surface area contributed by atoms with Crippen LogP contribution in [0.15, 0.2) is 4.99 Å². The molecule has 0 spiro atoms. The lowest BCUT2D eigenvalue weighted by atomic mass is 10.2. The Kier molecular flexibility index (Phi) is 5.72. The summed E-state index contributed by atoms with van der Waals surface area (Å²) in [6.07, 6.45) is 0.882. The Morgan fingerprint density at radius 2 is 2.00 bits per heavy atom. The number of hydrogen-bond donors (Lipinski definition) is 1. The Morgan fingerprint density at radius 3 is 2.33 bits per heavy atom. The topological polar surface area (TPSA) is 47.6 Å². The molecule has 0 radical (unpaired) electrons. The Balaban J connectivity index is 4.09. The number of hydrogen-bond acceptors (Lipinski definition) is 2. The van der Waals surface area contributed by atoms with Gasteiger partial charge in [0.25, 0.3) is 0 Å². The van der Waals surface area contributed by atoms with E-state index in [0.717, 1.165) is 6.42 Å². The Bertz CT molecular complexity index is 143. The van der Waals surface area contributed by atoms with Crippen molar-refractivity contribution in [3.05, 3.63) is 0 Å². The van der Waals surface area contributed by atoms with Crippen LogP contribution in [0.4, 0.5) is 0 Å². The average molecular weight is 172 g/mol. The molecule has 2 N–H and O–H groups in total. The second-order valence-electron chi connectivity index (χ2n) is 3.00. The quantitative estimate of drug-likeness (QED) is 0.505. The summed E-state index contributed by atoms with van der Waals surface area (Å²) in [5, 5.41) is 0. The second kappa shape index (κ2) is 6.00. The fourth-order valence-electron chi connectivity index (χ4n) is 0.995. The maximum atomic E-state index is 5.74. The van der Waals surface area contributed by atoms with Crippen molar-refractivity contribution in [1.29, 1.82) is 0 Å². The molecule has 1 unspecified atom stereocenters. The number of ether oxygens (including phenoxy) is 1. The minimum Gasteiger partial charge on any atom is -0.385 e. The zero-order valence-electron chi connectivity index (χ0n) is 8.50. The largest absolute Gasteiger partial charge is 0.385 e. The molecule has 3 heteroatoms. The lowest BCUT2D eigenvalue weighted by molar-refractivity contribution is 0.106. The van der Waals surface area contributed by atoms with Crippen LogP contribution in [0, 0.1) is 0 Å². The van der Waals surface area contributed by atoms with Crippen molar-refractivity contribution < 1.29 is 4.74 Å². The minimum atomic E-state index is -0.00241. The monoisotopic (exact) mass is 172 g/mol.